The second-order valence-corrected chi connectivity index (χ2v) is 11.4. The first-order valence-electron chi connectivity index (χ1n) is 12.4. The molecule has 0 unspecified atom stereocenters. The van der Waals surface area contributed by atoms with Gasteiger partial charge in [-0.3, -0.25) is 9.59 Å². The minimum Gasteiger partial charge on any atom is -0.345 e. The summed E-state index contributed by atoms with van der Waals surface area (Å²) in [4.78, 5) is 30.4. The van der Waals surface area contributed by atoms with Gasteiger partial charge in [0, 0.05) is 52.2 Å². The minimum atomic E-state index is -0.266. The first-order valence-corrected chi connectivity index (χ1v) is 13.6. The molecule has 37 heavy (non-hydrogen) atoms. The van der Waals surface area contributed by atoms with Crippen LogP contribution in [0.25, 0.3) is 0 Å². The van der Waals surface area contributed by atoms with Crippen molar-refractivity contribution in [2.45, 2.75) is 40.8 Å². The molecule has 198 valence electrons. The molecule has 0 aliphatic rings. The van der Waals surface area contributed by atoms with E-state index in [2.05, 4.69) is 18.4 Å². The molecule has 0 fully saturated rings. The van der Waals surface area contributed by atoms with Gasteiger partial charge in [0.1, 0.15) is 6.54 Å². The monoisotopic (exact) mass is 561 g/mol. The summed E-state index contributed by atoms with van der Waals surface area (Å²) in [5, 5.41) is 1.47. The van der Waals surface area contributed by atoms with E-state index in [1.807, 2.05) is 61.3 Å². The molecule has 2 amide bonds. The van der Waals surface area contributed by atoms with Gasteiger partial charge in [0.2, 0.25) is 5.91 Å². The number of carbonyl (C=O) groups excluding carboxylic acids is 2. The molecule has 0 N–H and O–H groups in total. The lowest BCUT2D eigenvalue weighted by Gasteiger charge is -2.30. The van der Waals surface area contributed by atoms with Crippen LogP contribution in [0.5, 0.6) is 0 Å². The van der Waals surface area contributed by atoms with Crippen molar-refractivity contribution < 1.29 is 9.59 Å². The third-order valence-electron chi connectivity index (χ3n) is 5.82. The Balaban J connectivity index is 1.82. The lowest BCUT2D eigenvalue weighted by molar-refractivity contribution is -0.133. The van der Waals surface area contributed by atoms with Crippen LogP contribution in [-0.4, -0.2) is 45.8 Å². The van der Waals surface area contributed by atoms with Crippen LogP contribution in [0.2, 0.25) is 15.1 Å². The predicted molar refractivity (Wildman–Crippen MR) is 152 cm³/mol. The third-order valence-corrected chi connectivity index (χ3v) is 6.63. The maximum Gasteiger partial charge on any atom is 0.254 e. The Morgan fingerprint density at radius 1 is 0.838 bits per heavy atom. The molecule has 0 spiro atoms. The highest BCUT2D eigenvalue weighted by Gasteiger charge is 2.25. The molecule has 0 radical (unpaired) electrons. The zero-order valence-corrected chi connectivity index (χ0v) is 24.0. The fraction of sp³-hybridized carbons (Fsp3) is 0.379. The van der Waals surface area contributed by atoms with E-state index in [0.29, 0.717) is 46.8 Å². The van der Waals surface area contributed by atoms with Gasteiger partial charge in [0.05, 0.1) is 6.54 Å². The summed E-state index contributed by atoms with van der Waals surface area (Å²) >= 11 is 18.7. The van der Waals surface area contributed by atoms with Crippen LogP contribution in [-0.2, 0) is 17.9 Å². The van der Waals surface area contributed by atoms with E-state index in [1.165, 1.54) is 0 Å². The number of hydrogen-bond donors (Lipinski definition) is 0. The highest BCUT2D eigenvalue weighted by atomic mass is 35.5. The van der Waals surface area contributed by atoms with Crippen LogP contribution in [0.15, 0.2) is 60.8 Å². The molecule has 0 aliphatic heterocycles. The smallest absolute Gasteiger partial charge is 0.254 e. The molecule has 0 aliphatic carbocycles. The number of nitrogens with zero attached hydrogens (tertiary/aromatic N) is 3. The van der Waals surface area contributed by atoms with E-state index in [-0.39, 0.29) is 30.2 Å². The zero-order chi connectivity index (χ0) is 27.1. The van der Waals surface area contributed by atoms with Crippen molar-refractivity contribution in [3.8, 4) is 0 Å². The highest BCUT2D eigenvalue weighted by Crippen LogP contribution is 2.22. The summed E-state index contributed by atoms with van der Waals surface area (Å²) in [5.41, 5.74) is 2.38. The predicted octanol–water partition coefficient (Wildman–Crippen LogP) is 7.28. The van der Waals surface area contributed by atoms with Gasteiger partial charge in [-0.25, -0.2) is 0 Å². The van der Waals surface area contributed by atoms with E-state index in [0.717, 1.165) is 11.3 Å². The topological polar surface area (TPSA) is 45.6 Å². The fourth-order valence-electron chi connectivity index (χ4n) is 4.23. The molecule has 8 heteroatoms. The van der Waals surface area contributed by atoms with E-state index in [4.69, 9.17) is 34.8 Å². The van der Waals surface area contributed by atoms with Crippen molar-refractivity contribution in [2.24, 2.45) is 11.8 Å². The number of amides is 2. The van der Waals surface area contributed by atoms with Crippen molar-refractivity contribution in [3.05, 3.63) is 92.7 Å². The molecule has 0 saturated heterocycles. The summed E-state index contributed by atoms with van der Waals surface area (Å²) in [6.07, 6.45) is 1.99. The Labute approximate surface area is 234 Å². The van der Waals surface area contributed by atoms with Crippen molar-refractivity contribution in [3.63, 3.8) is 0 Å². The van der Waals surface area contributed by atoms with E-state index in [1.54, 1.807) is 23.1 Å². The van der Waals surface area contributed by atoms with Gasteiger partial charge in [-0.15, -0.1) is 0 Å². The summed E-state index contributed by atoms with van der Waals surface area (Å²) < 4.78 is 2.10. The van der Waals surface area contributed by atoms with Crippen molar-refractivity contribution in [2.75, 3.05) is 19.6 Å². The number of carbonyl (C=O) groups is 2. The van der Waals surface area contributed by atoms with Crippen molar-refractivity contribution in [1.82, 2.24) is 14.4 Å². The quantitative estimate of drug-likeness (QED) is 0.246. The van der Waals surface area contributed by atoms with Gasteiger partial charge >= 0.3 is 0 Å². The molecule has 3 aromatic rings. The average molecular weight is 563 g/mol. The van der Waals surface area contributed by atoms with Gasteiger partial charge in [-0.2, -0.15) is 0 Å². The maximum atomic E-state index is 13.6. The largest absolute Gasteiger partial charge is 0.345 e. The Hall–Kier alpha value is -2.47. The molecule has 5 nitrogen and oxygen atoms in total. The number of hydrogen-bond acceptors (Lipinski definition) is 2. The summed E-state index contributed by atoms with van der Waals surface area (Å²) in [5.74, 6) is 0.0640. The molecule has 0 saturated carbocycles. The summed E-state index contributed by atoms with van der Waals surface area (Å²) in [6.45, 7) is 10.2. The van der Waals surface area contributed by atoms with Crippen molar-refractivity contribution in [1.29, 1.82) is 0 Å². The fourth-order valence-corrected chi connectivity index (χ4v) is 4.95. The molecule has 1 aromatic heterocycles. The molecular formula is C29H34Cl3N3O2. The molecule has 1 heterocycles. The SMILES string of the molecule is CC(C)CN(Cc1cccn1Cc1ccccc1Cl)C(=O)CN(CC(C)C)C(=O)c1cc(Cl)cc(Cl)c1. The lowest BCUT2D eigenvalue weighted by atomic mass is 10.1. The Morgan fingerprint density at radius 3 is 2.08 bits per heavy atom. The number of halogens is 3. The first-order chi connectivity index (χ1) is 17.5. The normalized spacial score (nSPS) is 11.3. The molecule has 3 rings (SSSR count). The molecule has 0 atom stereocenters. The average Bonchev–Trinajstić information content (AvgIpc) is 3.24. The van der Waals surface area contributed by atoms with Gasteiger partial charge in [-0.05, 0) is 53.8 Å². The molecule has 0 bridgehead atoms. The second-order valence-electron chi connectivity index (χ2n) is 10.1. The van der Waals surface area contributed by atoms with Crippen LogP contribution in [0.1, 0.15) is 49.3 Å². The van der Waals surface area contributed by atoms with Crippen molar-refractivity contribution >= 4 is 46.6 Å². The number of rotatable bonds is 11. The standard InChI is InChI=1S/C29H34Cl3N3O2/c1-20(2)15-34(18-26-9-7-11-33(26)17-22-8-5-6-10-27(22)32)28(36)19-35(16-21(3)4)29(37)23-12-24(30)14-25(31)13-23/h5-14,20-21H,15-19H2,1-4H3. The van der Waals surface area contributed by atoms with Gasteiger partial charge < -0.3 is 14.4 Å². The Bertz CT molecular complexity index is 1200. The van der Waals surface area contributed by atoms with Crippen LogP contribution >= 0.6 is 34.8 Å². The zero-order valence-electron chi connectivity index (χ0n) is 21.8. The van der Waals surface area contributed by atoms with Crippen LogP contribution in [0, 0.1) is 11.8 Å². The highest BCUT2D eigenvalue weighted by molar-refractivity contribution is 6.35. The van der Waals surface area contributed by atoms with Gasteiger partial charge in [0.15, 0.2) is 0 Å². The summed E-state index contributed by atoms with van der Waals surface area (Å²) in [7, 11) is 0. The van der Waals surface area contributed by atoms with Crippen LogP contribution < -0.4 is 0 Å². The van der Waals surface area contributed by atoms with E-state index < -0.39 is 0 Å². The van der Waals surface area contributed by atoms with Gasteiger partial charge in [-0.1, -0.05) is 80.7 Å². The maximum absolute atomic E-state index is 13.6. The number of aromatic nitrogens is 1. The Morgan fingerprint density at radius 2 is 1.46 bits per heavy atom. The Kier molecular flexibility index (Phi) is 10.5. The molecular weight excluding hydrogens is 529 g/mol. The second kappa shape index (κ2) is 13.4. The lowest BCUT2D eigenvalue weighted by Crippen LogP contribution is -2.45. The van der Waals surface area contributed by atoms with Gasteiger partial charge in [0.25, 0.3) is 5.91 Å². The van der Waals surface area contributed by atoms with Crippen LogP contribution in [0.3, 0.4) is 0 Å². The van der Waals surface area contributed by atoms with E-state index >= 15 is 0 Å². The third kappa shape index (κ3) is 8.53. The van der Waals surface area contributed by atoms with Crippen LogP contribution in [0.4, 0.5) is 0 Å². The number of benzene rings is 2. The minimum absolute atomic E-state index is 0.0287. The molecule has 2 aromatic carbocycles. The summed E-state index contributed by atoms with van der Waals surface area (Å²) in [6, 6.07) is 16.5. The van der Waals surface area contributed by atoms with E-state index in [9.17, 15) is 9.59 Å². The first kappa shape index (κ1) is 29.1.